The van der Waals surface area contributed by atoms with E-state index in [1.165, 1.54) is 11.3 Å². The Morgan fingerprint density at radius 2 is 1.88 bits per heavy atom. The number of ether oxygens (including phenoxy) is 1. The van der Waals surface area contributed by atoms with E-state index in [1.54, 1.807) is 6.07 Å². The van der Waals surface area contributed by atoms with Crippen LogP contribution in [-0.4, -0.2) is 36.6 Å². The summed E-state index contributed by atoms with van der Waals surface area (Å²) >= 11 is 1.24. The fourth-order valence-electron chi connectivity index (χ4n) is 4.18. The van der Waals surface area contributed by atoms with Gasteiger partial charge in [-0.15, -0.1) is 11.3 Å². The minimum Gasteiger partial charge on any atom is -0.461 e. The van der Waals surface area contributed by atoms with Crippen LogP contribution in [0.5, 0.6) is 0 Å². The van der Waals surface area contributed by atoms with Gasteiger partial charge in [0.05, 0.1) is 5.56 Å². The fraction of sp³-hybridized carbons (Fsp3) is 0.480. The summed E-state index contributed by atoms with van der Waals surface area (Å²) in [5.74, 6) is -0.410. The molecule has 0 spiro atoms. The molecule has 0 saturated heterocycles. The first kappa shape index (κ1) is 25.7. The third kappa shape index (κ3) is 7.30. The molecule has 0 aliphatic heterocycles. The van der Waals surface area contributed by atoms with Gasteiger partial charge in [0.2, 0.25) is 0 Å². The molecule has 1 fully saturated rings. The molecule has 6 N–H and O–H groups in total. The van der Waals surface area contributed by atoms with Crippen LogP contribution in [0, 0.1) is 5.92 Å². The van der Waals surface area contributed by atoms with Crippen molar-refractivity contribution >= 4 is 34.2 Å². The number of anilines is 1. The Hall–Kier alpha value is -2.91. The van der Waals surface area contributed by atoms with Crippen molar-refractivity contribution in [2.75, 3.05) is 11.9 Å². The lowest BCUT2D eigenvalue weighted by atomic mass is 10.0. The maximum atomic E-state index is 12.7. The zero-order chi connectivity index (χ0) is 24.7. The summed E-state index contributed by atoms with van der Waals surface area (Å²) in [4.78, 5) is 36.5. The number of primary amides is 2. The number of amides is 3. The number of nitrogens with two attached hydrogens (primary N) is 2. The second-order valence-electron chi connectivity index (χ2n) is 9.14. The molecule has 1 aliphatic carbocycles. The van der Waals surface area contributed by atoms with Gasteiger partial charge in [0, 0.05) is 4.88 Å². The van der Waals surface area contributed by atoms with Gasteiger partial charge in [-0.2, -0.15) is 0 Å². The topological polar surface area (TPSA) is 137 Å². The maximum absolute atomic E-state index is 12.7. The zero-order valence-corrected chi connectivity index (χ0v) is 20.6. The van der Waals surface area contributed by atoms with E-state index in [2.05, 4.69) is 24.5 Å². The molecule has 2 aromatic rings. The number of nitrogens with one attached hydrogen (secondary N) is 2. The van der Waals surface area contributed by atoms with E-state index >= 15 is 0 Å². The maximum Gasteiger partial charge on any atom is 0.323 e. The van der Waals surface area contributed by atoms with E-state index in [-0.39, 0.29) is 23.7 Å². The average Bonchev–Trinajstić information content (AvgIpc) is 3.42. The van der Waals surface area contributed by atoms with Gasteiger partial charge in [0.25, 0.3) is 5.91 Å². The molecule has 9 heteroatoms. The average molecular weight is 487 g/mol. The predicted molar refractivity (Wildman–Crippen MR) is 135 cm³/mol. The number of carbonyl (C=O) groups is 3. The molecule has 3 amide bonds. The minimum atomic E-state index is -0.752. The van der Waals surface area contributed by atoms with Crippen molar-refractivity contribution in [3.63, 3.8) is 0 Å². The first-order valence-electron chi connectivity index (χ1n) is 11.8. The highest BCUT2D eigenvalue weighted by molar-refractivity contribution is 7.20. The molecule has 3 rings (SSSR count). The Bertz CT molecular complexity index is 1010. The van der Waals surface area contributed by atoms with Crippen molar-refractivity contribution in [3.8, 4) is 10.4 Å². The standard InChI is InChI=1S/C25H34N4O4S/c1-15(2)12-20(24(31)33-18-8-3-4-9-18)28-11-10-16-6-5-7-17(13-16)21-14-19(22(26)30)23(34-21)29-25(27)32/h5-7,13-15,18,20,28H,3-4,8-12H2,1-2H3,(H2,26,30)(H3,27,29,32)/t20-/m0/s1. The van der Waals surface area contributed by atoms with Crippen LogP contribution in [0.1, 0.15) is 61.9 Å². The highest BCUT2D eigenvalue weighted by Gasteiger charge is 2.26. The summed E-state index contributed by atoms with van der Waals surface area (Å²) in [5, 5.41) is 6.18. The monoisotopic (exact) mass is 486 g/mol. The van der Waals surface area contributed by atoms with Crippen LogP contribution in [-0.2, 0) is 16.0 Å². The summed E-state index contributed by atoms with van der Waals surface area (Å²) < 4.78 is 5.74. The van der Waals surface area contributed by atoms with E-state index in [4.69, 9.17) is 16.2 Å². The van der Waals surface area contributed by atoms with Gasteiger partial charge in [-0.3, -0.25) is 14.9 Å². The van der Waals surface area contributed by atoms with E-state index in [0.29, 0.717) is 17.5 Å². The van der Waals surface area contributed by atoms with E-state index in [0.717, 1.165) is 54.5 Å². The highest BCUT2D eigenvalue weighted by Crippen LogP contribution is 2.35. The summed E-state index contributed by atoms with van der Waals surface area (Å²) in [6.45, 7) is 4.83. The van der Waals surface area contributed by atoms with Crippen molar-refractivity contribution in [2.24, 2.45) is 17.4 Å². The number of hydrogen-bond acceptors (Lipinski definition) is 6. The largest absolute Gasteiger partial charge is 0.461 e. The lowest BCUT2D eigenvalue weighted by Gasteiger charge is -2.21. The molecule has 1 aliphatic rings. The molecule has 0 radical (unpaired) electrons. The molecule has 1 atom stereocenters. The fourth-order valence-corrected chi connectivity index (χ4v) is 5.24. The van der Waals surface area contributed by atoms with Crippen molar-refractivity contribution in [2.45, 2.75) is 64.5 Å². The van der Waals surface area contributed by atoms with Crippen LogP contribution < -0.4 is 22.1 Å². The quantitative estimate of drug-likeness (QED) is 0.355. The van der Waals surface area contributed by atoms with Crippen LogP contribution in [0.3, 0.4) is 0 Å². The molecular weight excluding hydrogens is 452 g/mol. The Labute approximate surface area is 204 Å². The summed E-state index contributed by atoms with van der Waals surface area (Å²) in [6.07, 6.45) is 5.69. The molecule has 1 saturated carbocycles. The van der Waals surface area contributed by atoms with Gasteiger partial charge in [-0.1, -0.05) is 38.1 Å². The normalized spacial score (nSPS) is 14.8. The van der Waals surface area contributed by atoms with Gasteiger partial charge in [0.15, 0.2) is 0 Å². The number of urea groups is 1. The Morgan fingerprint density at radius 1 is 1.15 bits per heavy atom. The summed E-state index contributed by atoms with van der Waals surface area (Å²) in [5.41, 5.74) is 12.9. The van der Waals surface area contributed by atoms with Gasteiger partial charge < -0.3 is 21.5 Å². The van der Waals surface area contributed by atoms with Crippen LogP contribution >= 0.6 is 11.3 Å². The molecule has 184 valence electrons. The number of benzene rings is 1. The molecule has 1 aromatic heterocycles. The van der Waals surface area contributed by atoms with Crippen molar-refractivity contribution in [1.29, 1.82) is 0 Å². The van der Waals surface area contributed by atoms with Gasteiger partial charge in [-0.05, 0) is 68.2 Å². The lowest BCUT2D eigenvalue weighted by molar-refractivity contribution is -0.151. The van der Waals surface area contributed by atoms with Crippen LogP contribution in [0.25, 0.3) is 10.4 Å². The minimum absolute atomic E-state index is 0.0608. The zero-order valence-electron chi connectivity index (χ0n) is 19.8. The molecule has 0 bridgehead atoms. The van der Waals surface area contributed by atoms with E-state index in [1.807, 2.05) is 24.3 Å². The number of hydrogen-bond donors (Lipinski definition) is 4. The SMILES string of the molecule is CC(C)C[C@H](NCCc1cccc(-c2cc(C(N)=O)c(NC(N)=O)s2)c1)C(=O)OC1CCCC1. The Morgan fingerprint density at radius 3 is 2.53 bits per heavy atom. The van der Waals surface area contributed by atoms with Crippen LogP contribution in [0.15, 0.2) is 30.3 Å². The molecule has 1 aromatic carbocycles. The van der Waals surface area contributed by atoms with E-state index < -0.39 is 11.9 Å². The Kier molecular flexibility index (Phi) is 9.06. The predicted octanol–water partition coefficient (Wildman–Crippen LogP) is 4.04. The second-order valence-corrected chi connectivity index (χ2v) is 10.2. The number of esters is 1. The molecular formula is C25H34N4O4S. The van der Waals surface area contributed by atoms with Crippen molar-refractivity contribution < 1.29 is 19.1 Å². The second kappa shape index (κ2) is 12.0. The first-order chi connectivity index (χ1) is 16.2. The molecule has 1 heterocycles. The first-order valence-corrected chi connectivity index (χ1v) is 12.6. The van der Waals surface area contributed by atoms with Gasteiger partial charge >= 0.3 is 12.0 Å². The van der Waals surface area contributed by atoms with Crippen molar-refractivity contribution in [1.82, 2.24) is 5.32 Å². The summed E-state index contributed by atoms with van der Waals surface area (Å²) in [7, 11) is 0. The third-order valence-corrected chi connectivity index (χ3v) is 6.93. The smallest absolute Gasteiger partial charge is 0.323 e. The lowest BCUT2D eigenvalue weighted by Crippen LogP contribution is -2.41. The van der Waals surface area contributed by atoms with Crippen LogP contribution in [0.4, 0.5) is 9.80 Å². The molecule has 8 nitrogen and oxygen atoms in total. The molecule has 34 heavy (non-hydrogen) atoms. The third-order valence-electron chi connectivity index (χ3n) is 5.83. The van der Waals surface area contributed by atoms with E-state index in [9.17, 15) is 14.4 Å². The summed E-state index contributed by atoms with van der Waals surface area (Å²) in [6, 6.07) is 8.51. The highest BCUT2D eigenvalue weighted by atomic mass is 32.1. The molecule has 0 unspecified atom stereocenters. The Balaban J connectivity index is 1.64. The number of thiophene rings is 1. The van der Waals surface area contributed by atoms with Crippen LogP contribution in [0.2, 0.25) is 0 Å². The van der Waals surface area contributed by atoms with Gasteiger partial charge in [-0.25, -0.2) is 4.79 Å². The van der Waals surface area contributed by atoms with Gasteiger partial charge in [0.1, 0.15) is 17.1 Å². The number of rotatable bonds is 11. The van der Waals surface area contributed by atoms with Crippen molar-refractivity contribution in [3.05, 3.63) is 41.5 Å². The number of carbonyl (C=O) groups excluding carboxylic acids is 3.